The maximum Gasteiger partial charge on any atom is 0.0431 e. The number of aryl methyl sites for hydroxylation is 1. The zero-order valence-electron chi connectivity index (χ0n) is 12.4. The number of nitrogens with one attached hydrogen (secondary N) is 1. The van der Waals surface area contributed by atoms with Gasteiger partial charge in [0.05, 0.1) is 0 Å². The molecule has 1 atom stereocenters. The molecule has 18 heavy (non-hydrogen) atoms. The fraction of sp³-hybridized carbons (Fsp3) is 0.625. The molecule has 1 aromatic carbocycles. The van der Waals surface area contributed by atoms with Crippen molar-refractivity contribution in [1.29, 1.82) is 0 Å². The summed E-state index contributed by atoms with van der Waals surface area (Å²) in [4.78, 5) is 0. The predicted molar refractivity (Wildman–Crippen MR) is 78.0 cm³/mol. The van der Waals surface area contributed by atoms with Crippen LogP contribution in [0.5, 0.6) is 0 Å². The molecule has 0 aliphatic heterocycles. The number of aliphatic hydroxyl groups excluding tert-OH is 1. The van der Waals surface area contributed by atoms with E-state index in [9.17, 15) is 0 Å². The van der Waals surface area contributed by atoms with Gasteiger partial charge in [-0.25, -0.2) is 0 Å². The van der Waals surface area contributed by atoms with E-state index in [1.54, 1.807) is 0 Å². The van der Waals surface area contributed by atoms with Crippen LogP contribution in [0.4, 0.5) is 0 Å². The summed E-state index contributed by atoms with van der Waals surface area (Å²) in [6.07, 6.45) is 1.81. The number of aliphatic hydroxyl groups is 1. The van der Waals surface area contributed by atoms with Crippen molar-refractivity contribution >= 4 is 0 Å². The SMILES string of the molecule is CNC(CCCO)c1cc(C(C)(C)C)ccc1C. The second-order valence-electron chi connectivity index (χ2n) is 6.03. The summed E-state index contributed by atoms with van der Waals surface area (Å²) in [5.74, 6) is 0. The molecule has 2 heteroatoms. The Kier molecular flexibility index (Phi) is 5.36. The second kappa shape index (κ2) is 6.35. The van der Waals surface area contributed by atoms with Crippen molar-refractivity contribution in [3.63, 3.8) is 0 Å². The molecule has 0 saturated carbocycles. The molecule has 0 heterocycles. The zero-order valence-corrected chi connectivity index (χ0v) is 12.4. The van der Waals surface area contributed by atoms with Gasteiger partial charge in [-0.3, -0.25) is 0 Å². The molecule has 0 bridgehead atoms. The predicted octanol–water partition coefficient (Wildman–Crippen LogP) is 3.33. The van der Waals surface area contributed by atoms with Gasteiger partial charge < -0.3 is 10.4 Å². The van der Waals surface area contributed by atoms with Gasteiger partial charge in [-0.1, -0.05) is 39.0 Å². The maximum absolute atomic E-state index is 8.98. The first-order valence-corrected chi connectivity index (χ1v) is 6.79. The average Bonchev–Trinajstić information content (AvgIpc) is 2.30. The molecular formula is C16H27NO. The average molecular weight is 249 g/mol. The fourth-order valence-corrected chi connectivity index (χ4v) is 2.23. The van der Waals surface area contributed by atoms with E-state index in [0.717, 1.165) is 12.8 Å². The van der Waals surface area contributed by atoms with E-state index in [1.807, 2.05) is 7.05 Å². The molecule has 2 nitrogen and oxygen atoms in total. The van der Waals surface area contributed by atoms with Crippen molar-refractivity contribution in [3.8, 4) is 0 Å². The van der Waals surface area contributed by atoms with Crippen LogP contribution in [0, 0.1) is 6.92 Å². The number of benzene rings is 1. The van der Waals surface area contributed by atoms with Crippen LogP contribution in [-0.4, -0.2) is 18.8 Å². The van der Waals surface area contributed by atoms with E-state index >= 15 is 0 Å². The van der Waals surface area contributed by atoms with E-state index in [2.05, 4.69) is 51.2 Å². The third kappa shape index (κ3) is 3.82. The maximum atomic E-state index is 8.98. The lowest BCUT2D eigenvalue weighted by Gasteiger charge is -2.24. The summed E-state index contributed by atoms with van der Waals surface area (Å²) in [6, 6.07) is 7.07. The number of hydrogen-bond donors (Lipinski definition) is 2. The van der Waals surface area contributed by atoms with E-state index in [0.29, 0.717) is 6.04 Å². The van der Waals surface area contributed by atoms with E-state index < -0.39 is 0 Å². The van der Waals surface area contributed by atoms with Gasteiger partial charge in [0.2, 0.25) is 0 Å². The highest BCUT2D eigenvalue weighted by atomic mass is 16.2. The highest BCUT2D eigenvalue weighted by Crippen LogP contribution is 2.28. The topological polar surface area (TPSA) is 32.3 Å². The van der Waals surface area contributed by atoms with Crippen LogP contribution >= 0.6 is 0 Å². The lowest BCUT2D eigenvalue weighted by molar-refractivity contribution is 0.276. The third-order valence-corrected chi connectivity index (χ3v) is 3.52. The Bertz CT molecular complexity index is 379. The van der Waals surface area contributed by atoms with Crippen LogP contribution in [0.1, 0.15) is 56.3 Å². The van der Waals surface area contributed by atoms with Gasteiger partial charge in [0.15, 0.2) is 0 Å². The van der Waals surface area contributed by atoms with Crippen LogP contribution in [0.15, 0.2) is 18.2 Å². The highest BCUT2D eigenvalue weighted by Gasteiger charge is 2.17. The molecule has 2 N–H and O–H groups in total. The minimum Gasteiger partial charge on any atom is -0.396 e. The van der Waals surface area contributed by atoms with Crippen molar-refractivity contribution in [1.82, 2.24) is 5.32 Å². The van der Waals surface area contributed by atoms with Gasteiger partial charge in [0.25, 0.3) is 0 Å². The Morgan fingerprint density at radius 3 is 2.44 bits per heavy atom. The molecule has 0 aromatic heterocycles. The first-order valence-electron chi connectivity index (χ1n) is 6.79. The lowest BCUT2D eigenvalue weighted by atomic mass is 9.84. The van der Waals surface area contributed by atoms with Crippen molar-refractivity contribution in [2.24, 2.45) is 0 Å². The van der Waals surface area contributed by atoms with E-state index in [4.69, 9.17) is 5.11 Å². The Morgan fingerprint density at radius 2 is 1.94 bits per heavy atom. The van der Waals surface area contributed by atoms with Crippen molar-refractivity contribution in [2.75, 3.05) is 13.7 Å². The van der Waals surface area contributed by atoms with E-state index in [-0.39, 0.29) is 12.0 Å². The van der Waals surface area contributed by atoms with Crippen LogP contribution in [0.2, 0.25) is 0 Å². The minimum atomic E-state index is 0.178. The molecule has 1 rings (SSSR count). The Balaban J connectivity index is 3.05. The van der Waals surface area contributed by atoms with Crippen LogP contribution in [-0.2, 0) is 5.41 Å². The number of rotatable bonds is 5. The highest BCUT2D eigenvalue weighted by molar-refractivity contribution is 5.36. The van der Waals surface area contributed by atoms with Crippen LogP contribution < -0.4 is 5.32 Å². The molecular weight excluding hydrogens is 222 g/mol. The Hall–Kier alpha value is -0.860. The molecule has 102 valence electrons. The van der Waals surface area contributed by atoms with Gasteiger partial charge in [0, 0.05) is 12.6 Å². The Labute approximate surface area is 111 Å². The summed E-state index contributed by atoms with van der Waals surface area (Å²) in [5, 5.41) is 12.3. The molecule has 0 amide bonds. The summed E-state index contributed by atoms with van der Waals surface area (Å²) in [6.45, 7) is 9.14. The van der Waals surface area contributed by atoms with E-state index in [1.165, 1.54) is 16.7 Å². The van der Waals surface area contributed by atoms with Crippen molar-refractivity contribution in [3.05, 3.63) is 34.9 Å². The molecule has 0 spiro atoms. The van der Waals surface area contributed by atoms with Gasteiger partial charge in [-0.15, -0.1) is 0 Å². The fourth-order valence-electron chi connectivity index (χ4n) is 2.23. The molecule has 1 unspecified atom stereocenters. The monoisotopic (exact) mass is 249 g/mol. The summed E-state index contributed by atoms with van der Waals surface area (Å²) < 4.78 is 0. The van der Waals surface area contributed by atoms with Gasteiger partial charge in [-0.2, -0.15) is 0 Å². The number of hydrogen-bond acceptors (Lipinski definition) is 2. The first kappa shape index (κ1) is 15.2. The molecule has 0 fully saturated rings. The van der Waals surface area contributed by atoms with Crippen LogP contribution in [0.25, 0.3) is 0 Å². The normalized spacial score (nSPS) is 13.7. The first-order chi connectivity index (χ1) is 8.40. The summed E-state index contributed by atoms with van der Waals surface area (Å²) >= 11 is 0. The Morgan fingerprint density at radius 1 is 1.28 bits per heavy atom. The third-order valence-electron chi connectivity index (χ3n) is 3.52. The quantitative estimate of drug-likeness (QED) is 0.839. The zero-order chi connectivity index (χ0) is 13.8. The van der Waals surface area contributed by atoms with Crippen LogP contribution in [0.3, 0.4) is 0 Å². The smallest absolute Gasteiger partial charge is 0.0431 e. The molecule has 0 radical (unpaired) electrons. The van der Waals surface area contributed by atoms with Crippen molar-refractivity contribution in [2.45, 2.75) is 52.0 Å². The molecule has 0 aliphatic rings. The lowest BCUT2D eigenvalue weighted by Crippen LogP contribution is -2.19. The molecule has 0 saturated heterocycles. The van der Waals surface area contributed by atoms with Gasteiger partial charge in [0.1, 0.15) is 0 Å². The summed E-state index contributed by atoms with van der Waals surface area (Å²) in [7, 11) is 1.99. The standard InChI is InChI=1S/C16H27NO/c1-12-8-9-13(16(2,3)4)11-14(12)15(17-5)7-6-10-18/h8-9,11,15,17-18H,6-7,10H2,1-5H3. The second-order valence-corrected chi connectivity index (χ2v) is 6.03. The summed E-state index contributed by atoms with van der Waals surface area (Å²) in [5.41, 5.74) is 4.23. The van der Waals surface area contributed by atoms with Gasteiger partial charge >= 0.3 is 0 Å². The molecule has 1 aromatic rings. The van der Waals surface area contributed by atoms with Gasteiger partial charge in [-0.05, 0) is 48.9 Å². The molecule has 0 aliphatic carbocycles. The largest absolute Gasteiger partial charge is 0.396 e. The van der Waals surface area contributed by atoms with Crippen molar-refractivity contribution < 1.29 is 5.11 Å². The minimum absolute atomic E-state index is 0.178.